The van der Waals surface area contributed by atoms with Crippen molar-refractivity contribution in [2.24, 2.45) is 5.73 Å². The van der Waals surface area contributed by atoms with E-state index in [9.17, 15) is 9.59 Å². The van der Waals surface area contributed by atoms with Crippen LogP contribution in [0.25, 0.3) is 10.9 Å². The first-order chi connectivity index (χ1) is 10.7. The number of carbonyl (C=O) groups excluding carboxylic acids is 2. The Morgan fingerprint density at radius 3 is 2.86 bits per heavy atom. The summed E-state index contributed by atoms with van der Waals surface area (Å²) in [5.74, 6) is -1.15. The standard InChI is InChI=1S/C15H18ClN3O3/c16-8-14(20)19-13(15(21)22-6-5-17)7-10-9-18-12-4-2-1-3-11(10)12/h1-4,9,13,18H,5-8,17H2,(H,19,20). The first kappa shape index (κ1) is 16.3. The number of H-pyrrole nitrogens is 1. The molecule has 118 valence electrons. The number of para-hydroxylation sites is 1. The van der Waals surface area contributed by atoms with Gasteiger partial charge in [0.2, 0.25) is 5.91 Å². The molecule has 6 nitrogen and oxygen atoms in total. The molecule has 0 saturated carbocycles. The molecule has 7 heteroatoms. The maximum absolute atomic E-state index is 12.1. The molecule has 0 aliphatic rings. The van der Waals surface area contributed by atoms with Crippen LogP contribution in [0.15, 0.2) is 30.5 Å². The lowest BCUT2D eigenvalue weighted by atomic mass is 10.0. The Labute approximate surface area is 133 Å². The molecular weight excluding hydrogens is 306 g/mol. The van der Waals surface area contributed by atoms with E-state index in [2.05, 4.69) is 10.3 Å². The monoisotopic (exact) mass is 323 g/mol. The lowest BCUT2D eigenvalue weighted by Gasteiger charge is -2.16. The molecular formula is C15H18ClN3O3. The maximum atomic E-state index is 12.1. The van der Waals surface area contributed by atoms with E-state index in [1.165, 1.54) is 0 Å². The van der Waals surface area contributed by atoms with E-state index in [4.69, 9.17) is 22.1 Å². The number of benzene rings is 1. The van der Waals surface area contributed by atoms with Gasteiger partial charge in [-0.2, -0.15) is 0 Å². The van der Waals surface area contributed by atoms with Gasteiger partial charge in [0.05, 0.1) is 0 Å². The molecule has 0 saturated heterocycles. The number of aromatic nitrogens is 1. The van der Waals surface area contributed by atoms with Crippen LogP contribution in [0.2, 0.25) is 0 Å². The lowest BCUT2D eigenvalue weighted by Crippen LogP contribution is -2.44. The lowest BCUT2D eigenvalue weighted by molar-refractivity contribution is -0.147. The Hall–Kier alpha value is -2.05. The van der Waals surface area contributed by atoms with Gasteiger partial charge < -0.3 is 20.8 Å². The molecule has 1 heterocycles. The van der Waals surface area contributed by atoms with Crippen LogP contribution in [0.3, 0.4) is 0 Å². The Kier molecular flexibility index (Phi) is 5.80. The smallest absolute Gasteiger partial charge is 0.329 e. The first-order valence-electron chi connectivity index (χ1n) is 6.92. The van der Waals surface area contributed by atoms with Crippen LogP contribution in [0, 0.1) is 0 Å². The maximum Gasteiger partial charge on any atom is 0.329 e. The third-order valence-electron chi connectivity index (χ3n) is 3.20. The fourth-order valence-corrected chi connectivity index (χ4v) is 2.28. The van der Waals surface area contributed by atoms with Crippen LogP contribution >= 0.6 is 11.6 Å². The van der Waals surface area contributed by atoms with Gasteiger partial charge in [0.25, 0.3) is 0 Å². The van der Waals surface area contributed by atoms with Gasteiger partial charge in [-0.1, -0.05) is 18.2 Å². The molecule has 2 aromatic rings. The second kappa shape index (κ2) is 7.82. The summed E-state index contributed by atoms with van der Waals surface area (Å²) in [6, 6.07) is 6.94. The van der Waals surface area contributed by atoms with E-state index < -0.39 is 17.9 Å². The van der Waals surface area contributed by atoms with Crippen molar-refractivity contribution in [3.63, 3.8) is 0 Å². The SMILES string of the molecule is NCCOC(=O)C(Cc1c[nH]c2ccccc12)NC(=O)CCl. The van der Waals surface area contributed by atoms with Crippen molar-refractivity contribution in [2.45, 2.75) is 12.5 Å². The van der Waals surface area contributed by atoms with Crippen LogP contribution < -0.4 is 11.1 Å². The molecule has 2 rings (SSSR count). The normalized spacial score (nSPS) is 12.1. The quantitative estimate of drug-likeness (QED) is 0.521. The molecule has 4 N–H and O–H groups in total. The van der Waals surface area contributed by atoms with Crippen LogP contribution in [-0.4, -0.2) is 41.9 Å². The highest BCUT2D eigenvalue weighted by Gasteiger charge is 2.23. The van der Waals surface area contributed by atoms with Crippen LogP contribution in [0.5, 0.6) is 0 Å². The Morgan fingerprint density at radius 2 is 2.14 bits per heavy atom. The summed E-state index contributed by atoms with van der Waals surface area (Å²) < 4.78 is 5.03. The van der Waals surface area contributed by atoms with Gasteiger partial charge >= 0.3 is 5.97 Å². The minimum Gasteiger partial charge on any atom is -0.463 e. The number of nitrogens with two attached hydrogens (primary N) is 1. The number of amides is 1. The zero-order valence-corrected chi connectivity index (χ0v) is 12.7. The Balaban J connectivity index is 2.17. The summed E-state index contributed by atoms with van der Waals surface area (Å²) in [7, 11) is 0. The summed E-state index contributed by atoms with van der Waals surface area (Å²) >= 11 is 5.49. The van der Waals surface area contributed by atoms with Crippen molar-refractivity contribution in [1.29, 1.82) is 0 Å². The average molecular weight is 324 g/mol. The number of ether oxygens (including phenoxy) is 1. The molecule has 1 unspecified atom stereocenters. The number of hydrogen-bond donors (Lipinski definition) is 3. The number of esters is 1. The van der Waals surface area contributed by atoms with Crippen molar-refractivity contribution in [2.75, 3.05) is 19.0 Å². The van der Waals surface area contributed by atoms with E-state index in [1.54, 1.807) is 0 Å². The summed E-state index contributed by atoms with van der Waals surface area (Å²) in [6.45, 7) is 0.342. The van der Waals surface area contributed by atoms with Gasteiger partial charge in [-0.25, -0.2) is 4.79 Å². The largest absolute Gasteiger partial charge is 0.463 e. The zero-order valence-electron chi connectivity index (χ0n) is 12.0. The van der Waals surface area contributed by atoms with E-state index >= 15 is 0 Å². The molecule has 1 aromatic carbocycles. The molecule has 0 bridgehead atoms. The molecule has 22 heavy (non-hydrogen) atoms. The molecule has 1 aromatic heterocycles. The van der Waals surface area contributed by atoms with Crippen molar-refractivity contribution < 1.29 is 14.3 Å². The van der Waals surface area contributed by atoms with E-state index in [-0.39, 0.29) is 19.0 Å². The van der Waals surface area contributed by atoms with Crippen molar-refractivity contribution >= 4 is 34.4 Å². The van der Waals surface area contributed by atoms with Crippen LogP contribution in [0.1, 0.15) is 5.56 Å². The highest BCUT2D eigenvalue weighted by Crippen LogP contribution is 2.19. The van der Waals surface area contributed by atoms with E-state index in [0.29, 0.717) is 6.42 Å². The summed E-state index contributed by atoms with van der Waals surface area (Å²) in [4.78, 5) is 26.7. The topological polar surface area (TPSA) is 97.2 Å². The number of fused-ring (bicyclic) bond motifs is 1. The average Bonchev–Trinajstić information content (AvgIpc) is 2.95. The molecule has 0 fully saturated rings. The summed E-state index contributed by atoms with van der Waals surface area (Å²) in [6.07, 6.45) is 2.14. The van der Waals surface area contributed by atoms with E-state index in [0.717, 1.165) is 16.5 Å². The predicted octanol–water partition coefficient (Wildman–Crippen LogP) is 0.936. The predicted molar refractivity (Wildman–Crippen MR) is 84.7 cm³/mol. The highest BCUT2D eigenvalue weighted by atomic mass is 35.5. The number of alkyl halides is 1. The van der Waals surface area contributed by atoms with Gasteiger partial charge in [-0.15, -0.1) is 11.6 Å². The van der Waals surface area contributed by atoms with Gasteiger partial charge in [-0.3, -0.25) is 4.79 Å². The van der Waals surface area contributed by atoms with Gasteiger partial charge in [0, 0.05) is 30.1 Å². The van der Waals surface area contributed by atoms with Crippen molar-refractivity contribution in [3.05, 3.63) is 36.0 Å². The van der Waals surface area contributed by atoms with Crippen molar-refractivity contribution in [3.8, 4) is 0 Å². The van der Waals surface area contributed by atoms with Gasteiger partial charge in [0.15, 0.2) is 0 Å². The second-order valence-electron chi connectivity index (χ2n) is 4.77. The summed E-state index contributed by atoms with van der Waals surface area (Å²) in [5.41, 5.74) is 7.21. The number of carbonyl (C=O) groups is 2. The number of nitrogens with one attached hydrogen (secondary N) is 2. The van der Waals surface area contributed by atoms with E-state index in [1.807, 2.05) is 30.5 Å². The second-order valence-corrected chi connectivity index (χ2v) is 5.04. The number of aromatic amines is 1. The van der Waals surface area contributed by atoms with Crippen LogP contribution in [-0.2, 0) is 20.7 Å². The molecule has 1 amide bonds. The fraction of sp³-hybridized carbons (Fsp3) is 0.333. The fourth-order valence-electron chi connectivity index (χ4n) is 2.21. The molecule has 0 aliphatic heterocycles. The third-order valence-corrected chi connectivity index (χ3v) is 3.44. The first-order valence-corrected chi connectivity index (χ1v) is 7.46. The highest BCUT2D eigenvalue weighted by molar-refractivity contribution is 6.27. The van der Waals surface area contributed by atoms with Crippen molar-refractivity contribution in [1.82, 2.24) is 10.3 Å². The molecule has 0 spiro atoms. The Morgan fingerprint density at radius 1 is 1.36 bits per heavy atom. The number of hydrogen-bond acceptors (Lipinski definition) is 4. The number of halogens is 1. The minimum atomic E-state index is -0.794. The van der Waals surface area contributed by atoms with Crippen LogP contribution in [0.4, 0.5) is 0 Å². The third kappa shape index (κ3) is 3.99. The summed E-state index contributed by atoms with van der Waals surface area (Å²) in [5, 5.41) is 3.58. The van der Waals surface area contributed by atoms with Gasteiger partial charge in [-0.05, 0) is 11.6 Å². The molecule has 1 atom stereocenters. The van der Waals surface area contributed by atoms with Gasteiger partial charge in [0.1, 0.15) is 18.5 Å². The molecule has 0 aliphatic carbocycles. The Bertz CT molecular complexity index is 656. The minimum absolute atomic E-state index is 0.111. The zero-order chi connectivity index (χ0) is 15.9. The number of rotatable bonds is 7. The molecule has 0 radical (unpaired) electrons.